The molecular formula is C18H16N4O4. The van der Waals surface area contributed by atoms with E-state index in [1.165, 1.54) is 0 Å². The van der Waals surface area contributed by atoms with Crippen molar-refractivity contribution >= 4 is 22.7 Å². The molecule has 0 saturated carbocycles. The maximum Gasteiger partial charge on any atom is 0.272 e. The highest BCUT2D eigenvalue weighted by molar-refractivity contribution is 6.04. The minimum atomic E-state index is -0.292. The predicted molar refractivity (Wildman–Crippen MR) is 93.3 cm³/mol. The molecule has 3 N–H and O–H groups in total. The van der Waals surface area contributed by atoms with Crippen LogP contribution in [0.1, 0.15) is 20.8 Å². The summed E-state index contributed by atoms with van der Waals surface area (Å²) >= 11 is 0. The lowest BCUT2D eigenvalue weighted by Crippen LogP contribution is -2.34. The van der Waals surface area contributed by atoms with Crippen molar-refractivity contribution in [1.29, 1.82) is 0 Å². The van der Waals surface area contributed by atoms with E-state index in [1.807, 2.05) is 24.3 Å². The van der Waals surface area contributed by atoms with Gasteiger partial charge in [-0.3, -0.25) is 14.7 Å². The van der Waals surface area contributed by atoms with Gasteiger partial charge in [0.2, 0.25) is 6.79 Å². The molecule has 26 heavy (non-hydrogen) atoms. The summed E-state index contributed by atoms with van der Waals surface area (Å²) in [5.74, 6) is 0.638. The van der Waals surface area contributed by atoms with Crippen molar-refractivity contribution in [3.05, 3.63) is 53.7 Å². The number of carbonyl (C=O) groups excluding carboxylic acids is 2. The van der Waals surface area contributed by atoms with Gasteiger partial charge in [-0.25, -0.2) is 0 Å². The van der Waals surface area contributed by atoms with E-state index in [-0.39, 0.29) is 25.2 Å². The average Bonchev–Trinajstić information content (AvgIpc) is 3.30. The number of hydrogen-bond acceptors (Lipinski definition) is 5. The number of carbonyl (C=O) groups is 2. The molecule has 1 aliphatic rings. The molecule has 2 aromatic carbocycles. The van der Waals surface area contributed by atoms with E-state index in [9.17, 15) is 9.59 Å². The molecule has 0 spiro atoms. The molecule has 0 aliphatic carbocycles. The van der Waals surface area contributed by atoms with Crippen LogP contribution in [0.15, 0.2) is 42.5 Å². The van der Waals surface area contributed by atoms with Gasteiger partial charge in [0.05, 0.1) is 5.52 Å². The lowest BCUT2D eigenvalue weighted by atomic mass is 10.2. The van der Waals surface area contributed by atoms with Crippen LogP contribution in [0.25, 0.3) is 10.9 Å². The fraction of sp³-hybridized carbons (Fsp3) is 0.167. The molecule has 2 heterocycles. The molecule has 0 radical (unpaired) electrons. The second-order valence-corrected chi connectivity index (χ2v) is 5.70. The van der Waals surface area contributed by atoms with Gasteiger partial charge in [-0.2, -0.15) is 5.10 Å². The third kappa shape index (κ3) is 3.04. The summed E-state index contributed by atoms with van der Waals surface area (Å²) in [6, 6.07) is 12.4. The first kappa shape index (κ1) is 15.9. The Morgan fingerprint density at radius 3 is 2.65 bits per heavy atom. The number of hydrogen-bond donors (Lipinski definition) is 3. The summed E-state index contributed by atoms with van der Waals surface area (Å²) in [6.07, 6.45) is 0. The van der Waals surface area contributed by atoms with Crippen LogP contribution in [0, 0.1) is 0 Å². The molecule has 8 heteroatoms. The number of rotatable bonds is 5. The van der Waals surface area contributed by atoms with E-state index in [0.29, 0.717) is 29.3 Å². The molecule has 132 valence electrons. The van der Waals surface area contributed by atoms with Gasteiger partial charge in [-0.05, 0) is 24.3 Å². The topological polar surface area (TPSA) is 105 Å². The highest BCUT2D eigenvalue weighted by Gasteiger charge is 2.16. The quantitative estimate of drug-likeness (QED) is 0.603. The fourth-order valence-corrected chi connectivity index (χ4v) is 2.71. The van der Waals surface area contributed by atoms with Crippen molar-refractivity contribution in [1.82, 2.24) is 20.8 Å². The summed E-state index contributed by atoms with van der Waals surface area (Å²) < 4.78 is 10.5. The highest BCUT2D eigenvalue weighted by atomic mass is 16.7. The minimum absolute atomic E-state index is 0.161. The van der Waals surface area contributed by atoms with E-state index in [0.717, 1.165) is 10.9 Å². The van der Waals surface area contributed by atoms with Crippen molar-refractivity contribution < 1.29 is 19.1 Å². The van der Waals surface area contributed by atoms with E-state index >= 15 is 0 Å². The second-order valence-electron chi connectivity index (χ2n) is 5.70. The number of ether oxygens (including phenoxy) is 2. The summed E-state index contributed by atoms with van der Waals surface area (Å²) in [6.45, 7) is 0.742. The van der Waals surface area contributed by atoms with Gasteiger partial charge in [0.15, 0.2) is 17.2 Å². The second kappa shape index (κ2) is 6.75. The molecule has 0 atom stereocenters. The maximum absolute atomic E-state index is 12.2. The van der Waals surface area contributed by atoms with Crippen molar-refractivity contribution in [3.8, 4) is 11.5 Å². The largest absolute Gasteiger partial charge is 0.454 e. The lowest BCUT2D eigenvalue weighted by molar-refractivity contribution is 0.0926. The van der Waals surface area contributed by atoms with Crippen LogP contribution in [0.2, 0.25) is 0 Å². The molecule has 1 aliphatic heterocycles. The number of aromatic nitrogens is 2. The van der Waals surface area contributed by atoms with Gasteiger partial charge in [0, 0.05) is 24.0 Å². The number of nitrogens with zero attached hydrogens (tertiary/aromatic N) is 1. The third-order valence-electron chi connectivity index (χ3n) is 4.02. The van der Waals surface area contributed by atoms with Gasteiger partial charge in [0.25, 0.3) is 11.8 Å². The number of fused-ring (bicyclic) bond motifs is 2. The molecule has 1 aromatic heterocycles. The molecule has 0 fully saturated rings. The van der Waals surface area contributed by atoms with Gasteiger partial charge in [-0.15, -0.1) is 0 Å². The first-order valence-electron chi connectivity index (χ1n) is 8.11. The first-order chi connectivity index (χ1) is 12.7. The molecule has 0 saturated heterocycles. The zero-order valence-electron chi connectivity index (χ0n) is 13.7. The Hall–Kier alpha value is -3.55. The Labute approximate surface area is 148 Å². The number of H-pyrrole nitrogens is 1. The van der Waals surface area contributed by atoms with Crippen LogP contribution in [-0.4, -0.2) is 41.9 Å². The van der Waals surface area contributed by atoms with Crippen LogP contribution < -0.4 is 20.1 Å². The van der Waals surface area contributed by atoms with E-state index in [2.05, 4.69) is 20.8 Å². The van der Waals surface area contributed by atoms with Crippen molar-refractivity contribution in [2.45, 2.75) is 0 Å². The zero-order valence-corrected chi connectivity index (χ0v) is 13.7. The van der Waals surface area contributed by atoms with E-state index < -0.39 is 0 Å². The van der Waals surface area contributed by atoms with E-state index in [1.54, 1.807) is 18.2 Å². The normalized spacial score (nSPS) is 12.2. The average molecular weight is 352 g/mol. The summed E-state index contributed by atoms with van der Waals surface area (Å²) in [7, 11) is 0. The Morgan fingerprint density at radius 2 is 1.77 bits per heavy atom. The summed E-state index contributed by atoms with van der Waals surface area (Å²) in [4.78, 5) is 24.4. The van der Waals surface area contributed by atoms with Crippen LogP contribution in [-0.2, 0) is 0 Å². The van der Waals surface area contributed by atoms with Gasteiger partial charge < -0.3 is 20.1 Å². The molecule has 2 amide bonds. The van der Waals surface area contributed by atoms with E-state index in [4.69, 9.17) is 9.47 Å². The number of amides is 2. The van der Waals surface area contributed by atoms with Crippen LogP contribution in [0.4, 0.5) is 0 Å². The van der Waals surface area contributed by atoms with Crippen LogP contribution >= 0.6 is 0 Å². The zero-order chi connectivity index (χ0) is 17.9. The fourth-order valence-electron chi connectivity index (χ4n) is 2.71. The molecule has 8 nitrogen and oxygen atoms in total. The first-order valence-corrected chi connectivity index (χ1v) is 8.11. The number of nitrogens with one attached hydrogen (secondary N) is 3. The van der Waals surface area contributed by atoms with Gasteiger partial charge in [-0.1, -0.05) is 18.2 Å². The van der Waals surface area contributed by atoms with Crippen molar-refractivity contribution in [3.63, 3.8) is 0 Å². The number of aromatic amines is 1. The summed E-state index contributed by atoms with van der Waals surface area (Å²) in [5, 5.41) is 13.1. The highest BCUT2D eigenvalue weighted by Crippen LogP contribution is 2.32. The maximum atomic E-state index is 12.2. The molecule has 3 aromatic rings. The van der Waals surface area contributed by atoms with Gasteiger partial charge >= 0.3 is 0 Å². The van der Waals surface area contributed by atoms with Gasteiger partial charge in [0.1, 0.15) is 0 Å². The SMILES string of the molecule is O=C(NCCNC(=O)c1n[nH]c2ccccc12)c1ccc2c(c1)OCO2. The molecule has 0 unspecified atom stereocenters. The summed E-state index contributed by atoms with van der Waals surface area (Å²) in [5.41, 5.74) is 1.61. The Balaban J connectivity index is 1.29. The molecule has 0 bridgehead atoms. The Morgan fingerprint density at radius 1 is 1.00 bits per heavy atom. The Bertz CT molecular complexity index is 982. The van der Waals surface area contributed by atoms with Crippen LogP contribution in [0.5, 0.6) is 11.5 Å². The standard InChI is InChI=1S/C18H16N4O4/c23-17(11-5-6-14-15(9-11)26-10-25-14)19-7-8-20-18(24)16-12-3-1-2-4-13(12)21-22-16/h1-6,9H,7-8,10H2,(H,19,23)(H,20,24)(H,21,22). The Kier molecular flexibility index (Phi) is 4.14. The van der Waals surface area contributed by atoms with Crippen molar-refractivity contribution in [2.24, 2.45) is 0 Å². The molecule has 4 rings (SSSR count). The lowest BCUT2D eigenvalue weighted by Gasteiger charge is -2.07. The minimum Gasteiger partial charge on any atom is -0.454 e. The number of para-hydroxylation sites is 1. The van der Waals surface area contributed by atoms with Crippen LogP contribution in [0.3, 0.4) is 0 Å². The number of benzene rings is 2. The monoisotopic (exact) mass is 352 g/mol. The van der Waals surface area contributed by atoms with Crippen molar-refractivity contribution in [2.75, 3.05) is 19.9 Å². The smallest absolute Gasteiger partial charge is 0.272 e. The predicted octanol–water partition coefficient (Wildman–Crippen LogP) is 1.45. The molecular weight excluding hydrogens is 336 g/mol. The third-order valence-corrected chi connectivity index (χ3v) is 4.02.